The lowest BCUT2D eigenvalue weighted by Crippen LogP contribution is -2.21. The Morgan fingerprint density at radius 1 is 1.09 bits per heavy atom. The fraction of sp³-hybridized carbons (Fsp3) is 1.00. The summed E-state index contributed by atoms with van der Waals surface area (Å²) < 4.78 is 0. The molecule has 0 amide bonds. The molecule has 1 aliphatic rings. The van der Waals surface area contributed by atoms with Gasteiger partial charge in [-0.25, -0.2) is 0 Å². The Hall–Kier alpha value is -0.0800. The van der Waals surface area contributed by atoms with Crippen LogP contribution in [0.3, 0.4) is 0 Å². The van der Waals surface area contributed by atoms with Gasteiger partial charge in [0.15, 0.2) is 0 Å². The van der Waals surface area contributed by atoms with Gasteiger partial charge in [-0.2, -0.15) is 0 Å². The van der Waals surface area contributed by atoms with Crippen LogP contribution in [0.4, 0.5) is 0 Å². The minimum atomic E-state index is 0.250. The number of hydrogen-bond acceptors (Lipinski definition) is 2. The summed E-state index contributed by atoms with van der Waals surface area (Å²) >= 11 is 0. The standard InChI is InChI=1S/C5H11N.C2H6O.C2H6/c1-2-4-6-5-3-1;1-2-3;1-2/h6H,1-5H2;3H,2H2,1H3;1-2H3. The highest BCUT2D eigenvalue weighted by Crippen LogP contribution is 1.96. The van der Waals surface area contributed by atoms with Gasteiger partial charge in [-0.1, -0.05) is 20.3 Å². The van der Waals surface area contributed by atoms with Gasteiger partial charge in [0.2, 0.25) is 0 Å². The number of aliphatic hydroxyl groups is 1. The van der Waals surface area contributed by atoms with Crippen molar-refractivity contribution in [1.29, 1.82) is 0 Å². The molecule has 0 saturated carbocycles. The van der Waals surface area contributed by atoms with E-state index in [4.69, 9.17) is 5.11 Å². The summed E-state index contributed by atoms with van der Waals surface area (Å²) in [7, 11) is 0. The van der Waals surface area contributed by atoms with Crippen molar-refractivity contribution in [3.63, 3.8) is 0 Å². The zero-order valence-electron chi connectivity index (χ0n) is 8.19. The van der Waals surface area contributed by atoms with Crippen LogP contribution in [0.2, 0.25) is 0 Å². The summed E-state index contributed by atoms with van der Waals surface area (Å²) in [5, 5.41) is 10.9. The SMILES string of the molecule is C1CCNCC1.CC.CCO. The summed E-state index contributed by atoms with van der Waals surface area (Å²) in [6, 6.07) is 0. The van der Waals surface area contributed by atoms with Crippen LogP contribution in [0.15, 0.2) is 0 Å². The molecule has 0 aliphatic carbocycles. The molecular weight excluding hydrogens is 138 g/mol. The highest BCUT2D eigenvalue weighted by atomic mass is 16.2. The minimum absolute atomic E-state index is 0.250. The first kappa shape index (κ1) is 13.5. The van der Waals surface area contributed by atoms with Crippen molar-refractivity contribution >= 4 is 0 Å². The van der Waals surface area contributed by atoms with Gasteiger partial charge in [0.05, 0.1) is 0 Å². The summed E-state index contributed by atoms with van der Waals surface area (Å²) in [6.45, 7) is 8.43. The van der Waals surface area contributed by atoms with E-state index in [0.717, 1.165) is 0 Å². The molecule has 1 aliphatic heterocycles. The average molecular weight is 161 g/mol. The number of piperidine rings is 1. The van der Waals surface area contributed by atoms with E-state index in [-0.39, 0.29) is 6.61 Å². The third kappa shape index (κ3) is 17.8. The molecule has 0 atom stereocenters. The second-order valence-corrected chi connectivity index (χ2v) is 2.13. The fourth-order valence-corrected chi connectivity index (χ4v) is 0.802. The number of aliphatic hydroxyl groups excluding tert-OH is 1. The molecule has 0 aromatic carbocycles. The maximum atomic E-state index is 7.57. The van der Waals surface area contributed by atoms with Crippen molar-refractivity contribution in [1.82, 2.24) is 5.32 Å². The topological polar surface area (TPSA) is 32.3 Å². The van der Waals surface area contributed by atoms with Crippen LogP contribution in [0.25, 0.3) is 0 Å². The van der Waals surface area contributed by atoms with Crippen LogP contribution in [-0.2, 0) is 0 Å². The van der Waals surface area contributed by atoms with Gasteiger partial charge in [0.1, 0.15) is 0 Å². The highest BCUT2D eigenvalue weighted by molar-refractivity contribution is 4.55. The first-order valence-corrected chi connectivity index (χ1v) is 4.73. The Bertz CT molecular complexity index is 33.3. The van der Waals surface area contributed by atoms with E-state index in [1.54, 1.807) is 6.92 Å². The number of rotatable bonds is 0. The Kier molecular flexibility index (Phi) is 20.2. The minimum Gasteiger partial charge on any atom is -0.397 e. The van der Waals surface area contributed by atoms with E-state index in [1.807, 2.05) is 13.8 Å². The second-order valence-electron chi connectivity index (χ2n) is 2.13. The summed E-state index contributed by atoms with van der Waals surface area (Å²) in [4.78, 5) is 0. The van der Waals surface area contributed by atoms with Crippen molar-refractivity contribution in [2.24, 2.45) is 0 Å². The van der Waals surface area contributed by atoms with Crippen LogP contribution in [0.5, 0.6) is 0 Å². The molecular formula is C9H23NO. The molecule has 1 rings (SSSR count). The number of hydrogen-bond donors (Lipinski definition) is 2. The molecule has 0 radical (unpaired) electrons. The van der Waals surface area contributed by atoms with Crippen molar-refractivity contribution in [3.05, 3.63) is 0 Å². The third-order valence-corrected chi connectivity index (χ3v) is 1.21. The summed E-state index contributed by atoms with van der Waals surface area (Å²) in [5.74, 6) is 0. The van der Waals surface area contributed by atoms with Gasteiger partial charge in [0.25, 0.3) is 0 Å². The Morgan fingerprint density at radius 3 is 1.55 bits per heavy atom. The van der Waals surface area contributed by atoms with E-state index >= 15 is 0 Å². The zero-order valence-corrected chi connectivity index (χ0v) is 8.19. The Balaban J connectivity index is 0. The van der Waals surface area contributed by atoms with E-state index in [2.05, 4.69) is 5.32 Å². The second kappa shape index (κ2) is 16.5. The highest BCUT2D eigenvalue weighted by Gasteiger charge is 1.93. The largest absolute Gasteiger partial charge is 0.397 e. The molecule has 1 heterocycles. The zero-order chi connectivity index (χ0) is 8.95. The lowest BCUT2D eigenvalue weighted by atomic mass is 10.2. The lowest BCUT2D eigenvalue weighted by Gasteiger charge is -2.08. The molecule has 0 aromatic rings. The third-order valence-electron chi connectivity index (χ3n) is 1.21. The maximum Gasteiger partial charge on any atom is 0.0402 e. The summed E-state index contributed by atoms with van der Waals surface area (Å²) in [5.41, 5.74) is 0. The molecule has 1 fully saturated rings. The van der Waals surface area contributed by atoms with Crippen LogP contribution in [0.1, 0.15) is 40.0 Å². The number of nitrogens with one attached hydrogen (secondary N) is 1. The molecule has 2 N–H and O–H groups in total. The predicted molar refractivity (Wildman–Crippen MR) is 50.8 cm³/mol. The van der Waals surface area contributed by atoms with E-state index in [9.17, 15) is 0 Å². The monoisotopic (exact) mass is 161 g/mol. The maximum absolute atomic E-state index is 7.57. The molecule has 2 nitrogen and oxygen atoms in total. The molecule has 0 spiro atoms. The molecule has 0 aromatic heterocycles. The first-order valence-electron chi connectivity index (χ1n) is 4.73. The van der Waals surface area contributed by atoms with Crippen molar-refractivity contribution < 1.29 is 5.11 Å². The normalized spacial score (nSPS) is 15.3. The Labute approximate surface area is 71.0 Å². The van der Waals surface area contributed by atoms with Gasteiger partial charge >= 0.3 is 0 Å². The summed E-state index contributed by atoms with van der Waals surface area (Å²) in [6.07, 6.45) is 4.22. The molecule has 2 heteroatoms. The predicted octanol–water partition coefficient (Wildman–Crippen LogP) is 1.78. The Morgan fingerprint density at radius 2 is 1.45 bits per heavy atom. The first-order chi connectivity index (χ1) is 5.41. The van der Waals surface area contributed by atoms with E-state index < -0.39 is 0 Å². The van der Waals surface area contributed by atoms with E-state index in [0.29, 0.717) is 0 Å². The van der Waals surface area contributed by atoms with E-state index in [1.165, 1.54) is 32.4 Å². The van der Waals surface area contributed by atoms with Gasteiger partial charge in [-0.3, -0.25) is 0 Å². The quantitative estimate of drug-likeness (QED) is 0.567. The van der Waals surface area contributed by atoms with Crippen LogP contribution < -0.4 is 5.32 Å². The van der Waals surface area contributed by atoms with Crippen LogP contribution in [-0.4, -0.2) is 24.8 Å². The van der Waals surface area contributed by atoms with Gasteiger partial charge in [0, 0.05) is 6.61 Å². The van der Waals surface area contributed by atoms with Crippen molar-refractivity contribution in [2.75, 3.05) is 19.7 Å². The lowest BCUT2D eigenvalue weighted by molar-refractivity contribution is 0.318. The van der Waals surface area contributed by atoms with Gasteiger partial charge in [-0.15, -0.1) is 0 Å². The van der Waals surface area contributed by atoms with Crippen LogP contribution in [0, 0.1) is 0 Å². The molecule has 0 unspecified atom stereocenters. The van der Waals surface area contributed by atoms with Crippen molar-refractivity contribution in [3.8, 4) is 0 Å². The van der Waals surface area contributed by atoms with Gasteiger partial charge < -0.3 is 10.4 Å². The average Bonchev–Trinajstić information content (AvgIpc) is 2.12. The molecule has 11 heavy (non-hydrogen) atoms. The smallest absolute Gasteiger partial charge is 0.0402 e. The molecule has 1 saturated heterocycles. The van der Waals surface area contributed by atoms with Crippen molar-refractivity contribution in [2.45, 2.75) is 40.0 Å². The fourth-order valence-electron chi connectivity index (χ4n) is 0.802. The molecule has 70 valence electrons. The molecule has 0 bridgehead atoms. The van der Waals surface area contributed by atoms with Crippen LogP contribution >= 0.6 is 0 Å². The van der Waals surface area contributed by atoms with Gasteiger partial charge in [-0.05, 0) is 32.9 Å².